The van der Waals surface area contributed by atoms with E-state index in [1.54, 1.807) is 18.2 Å². The third-order valence-corrected chi connectivity index (χ3v) is 4.26. The highest BCUT2D eigenvalue weighted by molar-refractivity contribution is 5.63. The largest absolute Gasteiger partial charge is 0.493 e. The van der Waals surface area contributed by atoms with Gasteiger partial charge < -0.3 is 14.0 Å². The van der Waals surface area contributed by atoms with Crippen molar-refractivity contribution in [2.24, 2.45) is 0 Å². The lowest BCUT2D eigenvalue weighted by Crippen LogP contribution is -2.01. The molecule has 146 valence electrons. The van der Waals surface area contributed by atoms with Crippen molar-refractivity contribution >= 4 is 0 Å². The van der Waals surface area contributed by atoms with Crippen LogP contribution in [0.1, 0.15) is 5.56 Å². The summed E-state index contributed by atoms with van der Waals surface area (Å²) in [4.78, 5) is 4.41. The minimum atomic E-state index is -0.540. The number of halogens is 2. The van der Waals surface area contributed by atoms with Gasteiger partial charge in [-0.05, 0) is 48.5 Å². The zero-order valence-corrected chi connectivity index (χ0v) is 15.4. The Bertz CT molecular complexity index is 1130. The van der Waals surface area contributed by atoms with E-state index >= 15 is 0 Å². The second-order valence-electron chi connectivity index (χ2n) is 6.18. The highest BCUT2D eigenvalue weighted by Gasteiger charge is 2.14. The molecule has 0 fully saturated rings. The maximum Gasteiger partial charge on any atom is 0.258 e. The van der Waals surface area contributed by atoms with Gasteiger partial charge in [0.15, 0.2) is 11.5 Å². The second-order valence-corrected chi connectivity index (χ2v) is 6.18. The van der Waals surface area contributed by atoms with E-state index in [1.165, 1.54) is 7.11 Å². The van der Waals surface area contributed by atoms with E-state index in [0.717, 1.165) is 23.8 Å². The number of aromatic nitrogens is 2. The smallest absolute Gasteiger partial charge is 0.258 e. The highest BCUT2D eigenvalue weighted by Crippen LogP contribution is 2.33. The van der Waals surface area contributed by atoms with E-state index in [1.807, 2.05) is 30.3 Å². The third-order valence-electron chi connectivity index (χ3n) is 4.26. The molecule has 0 bridgehead atoms. The number of rotatable bonds is 6. The van der Waals surface area contributed by atoms with Gasteiger partial charge >= 0.3 is 0 Å². The molecule has 7 heteroatoms. The summed E-state index contributed by atoms with van der Waals surface area (Å²) in [5, 5.41) is 4.01. The van der Waals surface area contributed by atoms with Gasteiger partial charge in [0.05, 0.1) is 7.11 Å². The van der Waals surface area contributed by atoms with E-state index in [0.29, 0.717) is 28.8 Å². The number of nitrogens with zero attached hydrogens (tertiary/aromatic N) is 2. The Morgan fingerprint density at radius 3 is 2.52 bits per heavy atom. The molecule has 0 N–H and O–H groups in total. The van der Waals surface area contributed by atoms with Gasteiger partial charge in [-0.2, -0.15) is 4.98 Å². The van der Waals surface area contributed by atoms with E-state index in [4.69, 9.17) is 14.0 Å². The first-order chi connectivity index (χ1) is 14.1. The molecule has 0 saturated carbocycles. The molecule has 0 spiro atoms. The number of hydrogen-bond acceptors (Lipinski definition) is 5. The fourth-order valence-electron chi connectivity index (χ4n) is 2.77. The molecule has 4 rings (SSSR count). The average Bonchev–Trinajstić information content (AvgIpc) is 3.25. The summed E-state index contributed by atoms with van der Waals surface area (Å²) in [5.41, 5.74) is 1.59. The van der Waals surface area contributed by atoms with Crippen molar-refractivity contribution < 1.29 is 22.8 Å². The molecule has 0 unspecified atom stereocenters. The van der Waals surface area contributed by atoms with Gasteiger partial charge in [0.25, 0.3) is 5.89 Å². The Hall–Kier alpha value is -3.74. The lowest BCUT2D eigenvalue weighted by atomic mass is 10.2. The third kappa shape index (κ3) is 4.08. The number of hydrogen-bond donors (Lipinski definition) is 0. The molecule has 1 heterocycles. The van der Waals surface area contributed by atoms with Gasteiger partial charge in [-0.25, -0.2) is 8.78 Å². The summed E-state index contributed by atoms with van der Waals surface area (Å²) in [6, 6.07) is 17.7. The standard InChI is InChI=1S/C22H16F2N2O3/c1-27-20-12-15(21-25-22(29-26-21)14-5-3-2-4-6-14)7-10-19(20)28-13-16-11-17(23)8-9-18(16)24/h2-12H,13H2,1H3. The summed E-state index contributed by atoms with van der Waals surface area (Å²) < 4.78 is 43.4. The van der Waals surface area contributed by atoms with E-state index in [9.17, 15) is 8.78 Å². The topological polar surface area (TPSA) is 57.4 Å². The summed E-state index contributed by atoms with van der Waals surface area (Å²) >= 11 is 0. The van der Waals surface area contributed by atoms with Crippen molar-refractivity contribution in [1.82, 2.24) is 10.1 Å². The number of methoxy groups -OCH3 is 1. The molecule has 0 aliphatic heterocycles. The zero-order valence-electron chi connectivity index (χ0n) is 15.4. The number of ether oxygens (including phenoxy) is 2. The van der Waals surface area contributed by atoms with Crippen LogP contribution in [0.3, 0.4) is 0 Å². The molecule has 3 aromatic carbocycles. The van der Waals surface area contributed by atoms with Crippen LogP contribution in [0.15, 0.2) is 71.3 Å². The molecular formula is C22H16F2N2O3. The van der Waals surface area contributed by atoms with E-state index in [2.05, 4.69) is 10.1 Å². The Balaban J connectivity index is 1.55. The molecule has 5 nitrogen and oxygen atoms in total. The van der Waals surface area contributed by atoms with E-state index < -0.39 is 11.6 Å². The molecule has 29 heavy (non-hydrogen) atoms. The van der Waals surface area contributed by atoms with Crippen LogP contribution >= 0.6 is 0 Å². The van der Waals surface area contributed by atoms with Gasteiger partial charge in [0.1, 0.15) is 18.2 Å². The van der Waals surface area contributed by atoms with Crippen LogP contribution in [0.4, 0.5) is 8.78 Å². The van der Waals surface area contributed by atoms with Crippen molar-refractivity contribution in [3.05, 3.63) is 83.9 Å². The maximum absolute atomic E-state index is 13.8. The summed E-state index contributed by atoms with van der Waals surface area (Å²) in [6.45, 7) is -0.139. The summed E-state index contributed by atoms with van der Waals surface area (Å²) in [5.74, 6) is 0.518. The monoisotopic (exact) mass is 394 g/mol. The van der Waals surface area contributed by atoms with Gasteiger partial charge in [-0.3, -0.25) is 0 Å². The quantitative estimate of drug-likeness (QED) is 0.446. The molecule has 0 aliphatic carbocycles. The molecule has 0 amide bonds. The molecule has 0 saturated heterocycles. The molecule has 0 atom stereocenters. The SMILES string of the molecule is COc1cc(-c2noc(-c3ccccc3)n2)ccc1OCc1cc(F)ccc1F. The van der Waals surface area contributed by atoms with Gasteiger partial charge in [-0.1, -0.05) is 23.4 Å². The Labute approximate surface area is 165 Å². The van der Waals surface area contributed by atoms with Crippen LogP contribution < -0.4 is 9.47 Å². The van der Waals surface area contributed by atoms with Crippen molar-refractivity contribution in [2.45, 2.75) is 6.61 Å². The van der Waals surface area contributed by atoms with Crippen LogP contribution in [0.25, 0.3) is 22.8 Å². The lowest BCUT2D eigenvalue weighted by Gasteiger charge is -2.12. The van der Waals surface area contributed by atoms with Gasteiger partial charge in [0, 0.05) is 16.7 Å². The normalized spacial score (nSPS) is 10.7. The van der Waals surface area contributed by atoms with Crippen LogP contribution in [-0.4, -0.2) is 17.3 Å². The van der Waals surface area contributed by atoms with Crippen molar-refractivity contribution in [3.63, 3.8) is 0 Å². The molecular weight excluding hydrogens is 378 g/mol. The Morgan fingerprint density at radius 2 is 1.72 bits per heavy atom. The average molecular weight is 394 g/mol. The van der Waals surface area contributed by atoms with Gasteiger partial charge in [0.2, 0.25) is 5.82 Å². The first-order valence-electron chi connectivity index (χ1n) is 8.78. The van der Waals surface area contributed by atoms with E-state index in [-0.39, 0.29) is 12.2 Å². The minimum absolute atomic E-state index is 0.113. The summed E-state index contributed by atoms with van der Waals surface area (Å²) in [6.07, 6.45) is 0. The first-order valence-corrected chi connectivity index (χ1v) is 8.78. The first kappa shape index (κ1) is 18.6. The fourth-order valence-corrected chi connectivity index (χ4v) is 2.77. The Morgan fingerprint density at radius 1 is 0.897 bits per heavy atom. The summed E-state index contributed by atoms with van der Waals surface area (Å²) in [7, 11) is 1.49. The second kappa shape index (κ2) is 8.10. The van der Waals surface area contributed by atoms with Crippen molar-refractivity contribution in [3.8, 4) is 34.3 Å². The van der Waals surface area contributed by atoms with Crippen LogP contribution in [0.5, 0.6) is 11.5 Å². The van der Waals surface area contributed by atoms with Crippen molar-refractivity contribution in [1.29, 1.82) is 0 Å². The number of benzene rings is 3. The molecule has 4 aromatic rings. The zero-order chi connectivity index (χ0) is 20.2. The maximum atomic E-state index is 13.8. The van der Waals surface area contributed by atoms with Gasteiger partial charge in [-0.15, -0.1) is 0 Å². The van der Waals surface area contributed by atoms with Crippen molar-refractivity contribution in [2.75, 3.05) is 7.11 Å². The fraction of sp³-hybridized carbons (Fsp3) is 0.0909. The van der Waals surface area contributed by atoms with Crippen LogP contribution in [-0.2, 0) is 6.61 Å². The minimum Gasteiger partial charge on any atom is -0.493 e. The Kier molecular flexibility index (Phi) is 5.20. The predicted octanol–water partition coefficient (Wildman–Crippen LogP) is 5.27. The molecule has 0 radical (unpaired) electrons. The lowest BCUT2D eigenvalue weighted by molar-refractivity contribution is 0.279. The molecule has 0 aliphatic rings. The van der Waals surface area contributed by atoms with Crippen LogP contribution in [0, 0.1) is 11.6 Å². The predicted molar refractivity (Wildman–Crippen MR) is 102 cm³/mol. The van der Waals surface area contributed by atoms with Crippen LogP contribution in [0.2, 0.25) is 0 Å². The molecule has 1 aromatic heterocycles. The highest BCUT2D eigenvalue weighted by atomic mass is 19.1.